The lowest BCUT2D eigenvalue weighted by molar-refractivity contribution is 0.0925. The quantitative estimate of drug-likeness (QED) is 0.488. The Morgan fingerprint density at radius 2 is 1.48 bits per heavy atom. The average molecular weight is 390 g/mol. The second kappa shape index (κ2) is 6.03. The van der Waals surface area contributed by atoms with E-state index >= 15 is 0 Å². The highest BCUT2D eigenvalue weighted by molar-refractivity contribution is 6.37. The maximum Gasteiger partial charge on any atom is 0.267 e. The van der Waals surface area contributed by atoms with Crippen LogP contribution in [0.25, 0.3) is 16.7 Å². The molecule has 0 atom stereocenters. The van der Waals surface area contributed by atoms with Gasteiger partial charge in [-0.15, -0.1) is 0 Å². The van der Waals surface area contributed by atoms with Crippen LogP contribution in [0.4, 0.5) is 14.5 Å². The summed E-state index contributed by atoms with van der Waals surface area (Å²) < 4.78 is 29.8. The van der Waals surface area contributed by atoms with Gasteiger partial charge in [-0.25, -0.2) is 23.3 Å². The minimum Gasteiger partial charge on any atom is -0.268 e. The number of amides is 2. The van der Waals surface area contributed by atoms with Crippen LogP contribution in [0.1, 0.15) is 26.4 Å². The van der Waals surface area contributed by atoms with E-state index in [0.717, 1.165) is 4.90 Å². The van der Waals surface area contributed by atoms with Gasteiger partial charge in [0.25, 0.3) is 11.8 Å². The van der Waals surface area contributed by atoms with Crippen LogP contribution in [-0.4, -0.2) is 26.6 Å². The van der Waals surface area contributed by atoms with Crippen molar-refractivity contribution in [2.24, 2.45) is 0 Å². The normalized spacial score (nSPS) is 13.4. The molecule has 6 nitrogen and oxygen atoms in total. The summed E-state index contributed by atoms with van der Waals surface area (Å²) >= 11 is 0. The van der Waals surface area contributed by atoms with Crippen LogP contribution >= 0.6 is 0 Å². The van der Waals surface area contributed by atoms with Gasteiger partial charge in [0.1, 0.15) is 17.3 Å². The predicted octanol–water partition coefficient (Wildman–Crippen LogP) is 3.81. The first-order chi connectivity index (χ1) is 14.0. The third-order valence-electron chi connectivity index (χ3n) is 4.90. The number of nitrogens with zero attached hydrogens (tertiary/aromatic N) is 4. The van der Waals surface area contributed by atoms with E-state index in [0.29, 0.717) is 11.1 Å². The van der Waals surface area contributed by atoms with Crippen LogP contribution in [0, 0.1) is 18.6 Å². The summed E-state index contributed by atoms with van der Waals surface area (Å²) in [6.45, 7) is 1.64. The Balaban J connectivity index is 1.76. The average Bonchev–Trinajstić information content (AvgIpc) is 3.17. The Kier molecular flexibility index (Phi) is 3.57. The van der Waals surface area contributed by atoms with Crippen molar-refractivity contribution in [1.82, 2.24) is 14.8 Å². The number of aromatic nitrogens is 3. The zero-order valence-electron chi connectivity index (χ0n) is 15.1. The van der Waals surface area contributed by atoms with Crippen LogP contribution < -0.4 is 4.90 Å². The van der Waals surface area contributed by atoms with Gasteiger partial charge in [-0.2, -0.15) is 5.10 Å². The van der Waals surface area contributed by atoms with E-state index in [4.69, 9.17) is 0 Å². The largest absolute Gasteiger partial charge is 0.268 e. The molecule has 142 valence electrons. The molecule has 0 saturated carbocycles. The zero-order chi connectivity index (χ0) is 20.3. The Labute approximate surface area is 163 Å². The molecule has 2 aromatic heterocycles. The number of pyridine rings is 1. The molecular formula is C21H12F2N4O2. The number of fused-ring (bicyclic) bond motifs is 3. The topological polar surface area (TPSA) is 68.1 Å². The van der Waals surface area contributed by atoms with Crippen molar-refractivity contribution >= 4 is 28.5 Å². The third-order valence-corrected chi connectivity index (χ3v) is 4.90. The number of imide groups is 1. The molecule has 8 heteroatoms. The first-order valence-corrected chi connectivity index (χ1v) is 8.75. The fourth-order valence-corrected chi connectivity index (χ4v) is 3.60. The van der Waals surface area contributed by atoms with Gasteiger partial charge in [-0.3, -0.25) is 9.59 Å². The molecule has 0 aliphatic carbocycles. The highest BCUT2D eigenvalue weighted by Gasteiger charge is 2.41. The van der Waals surface area contributed by atoms with Crippen molar-refractivity contribution in [3.8, 4) is 5.69 Å². The molecule has 4 aromatic rings. The molecule has 0 saturated heterocycles. The minimum absolute atomic E-state index is 0.0573. The summed E-state index contributed by atoms with van der Waals surface area (Å²) in [5.41, 5.74) is 0.823. The maximum absolute atomic E-state index is 14.3. The number of para-hydroxylation sites is 2. The number of carbonyl (C=O) groups is 2. The molecule has 0 spiro atoms. The minimum atomic E-state index is -0.690. The smallest absolute Gasteiger partial charge is 0.267 e. The zero-order valence-corrected chi connectivity index (χ0v) is 15.1. The summed E-state index contributed by atoms with van der Waals surface area (Å²) in [7, 11) is 0. The van der Waals surface area contributed by atoms with Gasteiger partial charge in [0.05, 0.1) is 27.9 Å². The van der Waals surface area contributed by atoms with Crippen molar-refractivity contribution in [2.45, 2.75) is 6.92 Å². The number of carbonyl (C=O) groups excluding carboxylic acids is 2. The first kappa shape index (κ1) is 17.2. The van der Waals surface area contributed by atoms with E-state index in [1.807, 2.05) is 0 Å². The molecule has 2 amide bonds. The monoisotopic (exact) mass is 390 g/mol. The highest BCUT2D eigenvalue weighted by Crippen LogP contribution is 2.35. The van der Waals surface area contributed by atoms with E-state index in [1.54, 1.807) is 19.1 Å². The van der Waals surface area contributed by atoms with E-state index in [2.05, 4.69) is 10.1 Å². The molecule has 3 heterocycles. The SMILES string of the molecule is Cc1nn(-c2ccccc2F)c2ncc3c(c12)C(=O)N(c1ccccc1F)C3=O. The second-order valence-corrected chi connectivity index (χ2v) is 6.59. The van der Waals surface area contributed by atoms with Crippen molar-refractivity contribution in [3.63, 3.8) is 0 Å². The number of hydrogen-bond acceptors (Lipinski definition) is 4. The molecule has 0 fully saturated rings. The van der Waals surface area contributed by atoms with Crippen molar-refractivity contribution in [3.05, 3.63) is 83.2 Å². The van der Waals surface area contributed by atoms with E-state index in [-0.39, 0.29) is 28.1 Å². The lowest BCUT2D eigenvalue weighted by Crippen LogP contribution is -2.30. The fraction of sp³-hybridized carbons (Fsp3) is 0.0476. The van der Waals surface area contributed by atoms with E-state index < -0.39 is 23.4 Å². The Morgan fingerprint density at radius 3 is 2.14 bits per heavy atom. The van der Waals surface area contributed by atoms with Gasteiger partial charge in [0, 0.05) is 6.20 Å². The number of halogens is 2. The summed E-state index contributed by atoms with van der Waals surface area (Å²) in [5.74, 6) is -2.53. The fourth-order valence-electron chi connectivity index (χ4n) is 3.60. The molecule has 0 unspecified atom stereocenters. The second-order valence-electron chi connectivity index (χ2n) is 6.59. The molecular weight excluding hydrogens is 378 g/mol. The number of hydrogen-bond donors (Lipinski definition) is 0. The Hall–Kier alpha value is -3.94. The summed E-state index contributed by atoms with van der Waals surface area (Å²) in [6.07, 6.45) is 1.25. The van der Waals surface area contributed by atoms with Gasteiger partial charge in [0.2, 0.25) is 0 Å². The van der Waals surface area contributed by atoms with Crippen LogP contribution in [0.5, 0.6) is 0 Å². The van der Waals surface area contributed by atoms with Crippen molar-refractivity contribution < 1.29 is 18.4 Å². The third kappa shape index (κ3) is 2.32. The first-order valence-electron chi connectivity index (χ1n) is 8.75. The summed E-state index contributed by atoms with van der Waals surface area (Å²) in [5, 5.41) is 4.67. The lowest BCUT2D eigenvalue weighted by Gasteiger charge is -2.14. The number of aryl methyl sites for hydroxylation is 1. The van der Waals surface area contributed by atoms with Gasteiger partial charge in [0.15, 0.2) is 5.65 Å². The van der Waals surface area contributed by atoms with Crippen LogP contribution in [-0.2, 0) is 0 Å². The molecule has 29 heavy (non-hydrogen) atoms. The maximum atomic E-state index is 14.3. The lowest BCUT2D eigenvalue weighted by atomic mass is 10.1. The summed E-state index contributed by atoms with van der Waals surface area (Å²) in [4.78, 5) is 31.1. The van der Waals surface area contributed by atoms with Crippen molar-refractivity contribution in [2.75, 3.05) is 4.90 Å². The number of benzene rings is 2. The van der Waals surface area contributed by atoms with Crippen LogP contribution in [0.2, 0.25) is 0 Å². The Morgan fingerprint density at radius 1 is 0.862 bits per heavy atom. The molecule has 0 bridgehead atoms. The molecule has 5 rings (SSSR count). The number of anilines is 1. The van der Waals surface area contributed by atoms with Crippen molar-refractivity contribution in [1.29, 1.82) is 0 Å². The van der Waals surface area contributed by atoms with Gasteiger partial charge >= 0.3 is 0 Å². The van der Waals surface area contributed by atoms with Gasteiger partial charge < -0.3 is 0 Å². The molecule has 2 aromatic carbocycles. The number of rotatable bonds is 2. The molecule has 0 radical (unpaired) electrons. The van der Waals surface area contributed by atoms with E-state index in [9.17, 15) is 18.4 Å². The van der Waals surface area contributed by atoms with Gasteiger partial charge in [-0.1, -0.05) is 24.3 Å². The molecule has 0 N–H and O–H groups in total. The van der Waals surface area contributed by atoms with Crippen LogP contribution in [0.3, 0.4) is 0 Å². The van der Waals surface area contributed by atoms with Gasteiger partial charge in [-0.05, 0) is 31.2 Å². The van der Waals surface area contributed by atoms with E-state index in [1.165, 1.54) is 47.3 Å². The standard InChI is InChI=1S/C21H12F2N4O2/c1-11-17-18-12(20(28)26(21(18)29)15-8-4-2-6-13(15)22)10-24-19(17)27(25-11)16-9-5-3-7-14(16)23/h2-10H,1H3. The molecule has 1 aliphatic heterocycles. The molecule has 1 aliphatic rings. The predicted molar refractivity (Wildman–Crippen MR) is 101 cm³/mol. The summed E-state index contributed by atoms with van der Waals surface area (Å²) in [6, 6.07) is 11.6. The van der Waals surface area contributed by atoms with Crippen LogP contribution in [0.15, 0.2) is 54.7 Å². The highest BCUT2D eigenvalue weighted by atomic mass is 19.1. The Bertz CT molecular complexity index is 1350.